The molecular formula is C20H25N3O2S. The normalized spacial score (nSPS) is 16.2. The Morgan fingerprint density at radius 3 is 2.15 bits per heavy atom. The summed E-state index contributed by atoms with van der Waals surface area (Å²) in [7, 11) is -3.40. The van der Waals surface area contributed by atoms with Gasteiger partial charge in [-0.05, 0) is 23.8 Å². The Labute approximate surface area is 156 Å². The summed E-state index contributed by atoms with van der Waals surface area (Å²) in [6.07, 6.45) is 1.61. The maximum Gasteiger partial charge on any atom is 0.233 e. The topological polar surface area (TPSA) is 52.7 Å². The molecule has 138 valence electrons. The standard InChI is InChI=1S/C20H25N3O2S/c24-26(25,18-11-19-7-3-1-4-8-19)21-12-13-22-14-16-23(17-15-22)20-9-5-2-6-10-20/h1-11,18,21H,12-17H2/b18-11+. The van der Waals surface area contributed by atoms with Crippen LogP contribution in [-0.2, 0) is 10.0 Å². The first-order valence-corrected chi connectivity index (χ1v) is 10.4. The number of anilines is 1. The molecule has 0 atom stereocenters. The molecule has 2 aromatic carbocycles. The SMILES string of the molecule is O=S(=O)(/C=C/c1ccccc1)NCCN1CCN(c2ccccc2)CC1. The third-order valence-corrected chi connectivity index (χ3v) is 5.57. The molecule has 5 nitrogen and oxygen atoms in total. The number of piperazine rings is 1. The van der Waals surface area contributed by atoms with Crippen molar-refractivity contribution < 1.29 is 8.42 Å². The average molecular weight is 372 g/mol. The van der Waals surface area contributed by atoms with Crippen LogP contribution >= 0.6 is 0 Å². The van der Waals surface area contributed by atoms with E-state index in [0.717, 1.165) is 38.3 Å². The number of nitrogens with one attached hydrogen (secondary N) is 1. The van der Waals surface area contributed by atoms with Crippen LogP contribution in [0.1, 0.15) is 5.56 Å². The Hall–Kier alpha value is -2.15. The second-order valence-electron chi connectivity index (χ2n) is 6.32. The fraction of sp³-hybridized carbons (Fsp3) is 0.300. The zero-order valence-electron chi connectivity index (χ0n) is 14.8. The molecule has 2 aromatic rings. The average Bonchev–Trinajstić information content (AvgIpc) is 2.68. The highest BCUT2D eigenvalue weighted by molar-refractivity contribution is 7.92. The van der Waals surface area contributed by atoms with Gasteiger partial charge in [0, 0.05) is 50.4 Å². The van der Waals surface area contributed by atoms with Crippen molar-refractivity contribution in [2.75, 3.05) is 44.2 Å². The van der Waals surface area contributed by atoms with Gasteiger partial charge in [-0.25, -0.2) is 13.1 Å². The molecule has 1 aliphatic rings. The van der Waals surface area contributed by atoms with Crippen LogP contribution in [0, 0.1) is 0 Å². The fourth-order valence-corrected chi connectivity index (χ4v) is 3.80. The highest BCUT2D eigenvalue weighted by Crippen LogP contribution is 2.15. The van der Waals surface area contributed by atoms with Crippen LogP contribution in [0.5, 0.6) is 0 Å². The van der Waals surface area contributed by atoms with Gasteiger partial charge in [0.2, 0.25) is 10.0 Å². The lowest BCUT2D eigenvalue weighted by Crippen LogP contribution is -2.48. The maximum atomic E-state index is 12.1. The molecule has 0 radical (unpaired) electrons. The van der Waals surface area contributed by atoms with E-state index in [0.29, 0.717) is 6.54 Å². The number of hydrogen-bond acceptors (Lipinski definition) is 4. The maximum absolute atomic E-state index is 12.1. The van der Waals surface area contributed by atoms with Gasteiger partial charge in [-0.15, -0.1) is 0 Å². The van der Waals surface area contributed by atoms with Crippen molar-refractivity contribution in [1.82, 2.24) is 9.62 Å². The quantitative estimate of drug-likeness (QED) is 0.812. The summed E-state index contributed by atoms with van der Waals surface area (Å²) in [6.45, 7) is 4.95. The summed E-state index contributed by atoms with van der Waals surface area (Å²) < 4.78 is 26.8. The van der Waals surface area contributed by atoms with Crippen LogP contribution in [0.25, 0.3) is 6.08 Å². The summed E-state index contributed by atoms with van der Waals surface area (Å²) >= 11 is 0. The van der Waals surface area contributed by atoms with Crippen molar-refractivity contribution in [3.63, 3.8) is 0 Å². The van der Waals surface area contributed by atoms with E-state index in [2.05, 4.69) is 38.8 Å². The van der Waals surface area contributed by atoms with E-state index < -0.39 is 10.0 Å². The number of benzene rings is 2. The van der Waals surface area contributed by atoms with E-state index in [-0.39, 0.29) is 0 Å². The van der Waals surface area contributed by atoms with Gasteiger partial charge in [0.25, 0.3) is 0 Å². The third kappa shape index (κ3) is 5.69. The minimum atomic E-state index is -3.40. The number of sulfonamides is 1. The molecule has 0 bridgehead atoms. The largest absolute Gasteiger partial charge is 0.369 e. The zero-order chi connectivity index (χ0) is 18.2. The smallest absolute Gasteiger partial charge is 0.233 e. The van der Waals surface area contributed by atoms with Gasteiger partial charge in [-0.2, -0.15) is 0 Å². The molecular weight excluding hydrogens is 346 g/mol. The van der Waals surface area contributed by atoms with Gasteiger partial charge >= 0.3 is 0 Å². The first kappa shape index (κ1) is 18.6. The van der Waals surface area contributed by atoms with Gasteiger partial charge in [0.15, 0.2) is 0 Å². The van der Waals surface area contributed by atoms with Crippen molar-refractivity contribution >= 4 is 21.8 Å². The molecule has 26 heavy (non-hydrogen) atoms. The Morgan fingerprint density at radius 2 is 1.50 bits per heavy atom. The minimum Gasteiger partial charge on any atom is -0.369 e. The Balaban J connectivity index is 1.40. The van der Waals surface area contributed by atoms with Gasteiger partial charge in [0.05, 0.1) is 0 Å². The molecule has 0 spiro atoms. The lowest BCUT2D eigenvalue weighted by atomic mass is 10.2. The van der Waals surface area contributed by atoms with E-state index in [1.54, 1.807) is 6.08 Å². The van der Waals surface area contributed by atoms with Crippen molar-refractivity contribution in [3.8, 4) is 0 Å². The second-order valence-corrected chi connectivity index (χ2v) is 7.97. The van der Waals surface area contributed by atoms with Crippen LogP contribution in [0.15, 0.2) is 66.1 Å². The Bertz CT molecular complexity index is 799. The van der Waals surface area contributed by atoms with Gasteiger partial charge in [-0.1, -0.05) is 48.5 Å². The predicted molar refractivity (Wildman–Crippen MR) is 107 cm³/mol. The zero-order valence-corrected chi connectivity index (χ0v) is 15.6. The minimum absolute atomic E-state index is 0.423. The molecule has 3 rings (SSSR count). The predicted octanol–water partition coefficient (Wildman–Crippen LogP) is 2.40. The lowest BCUT2D eigenvalue weighted by Gasteiger charge is -2.36. The van der Waals surface area contributed by atoms with Gasteiger partial charge < -0.3 is 4.90 Å². The van der Waals surface area contributed by atoms with E-state index >= 15 is 0 Å². The summed E-state index contributed by atoms with van der Waals surface area (Å²) in [4.78, 5) is 4.66. The fourth-order valence-electron chi connectivity index (χ4n) is 2.99. The first-order valence-electron chi connectivity index (χ1n) is 8.87. The summed E-state index contributed by atoms with van der Waals surface area (Å²) in [5.41, 5.74) is 2.12. The summed E-state index contributed by atoms with van der Waals surface area (Å²) in [5.74, 6) is 0. The highest BCUT2D eigenvalue weighted by Gasteiger charge is 2.17. The van der Waals surface area contributed by atoms with Gasteiger partial charge in [0.1, 0.15) is 0 Å². The molecule has 0 saturated carbocycles. The number of para-hydroxylation sites is 1. The Kier molecular flexibility index (Phi) is 6.44. The molecule has 1 aliphatic heterocycles. The lowest BCUT2D eigenvalue weighted by molar-refractivity contribution is 0.262. The molecule has 0 amide bonds. The van der Waals surface area contributed by atoms with Crippen molar-refractivity contribution in [2.24, 2.45) is 0 Å². The van der Waals surface area contributed by atoms with E-state index in [1.807, 2.05) is 36.4 Å². The molecule has 1 N–H and O–H groups in total. The van der Waals surface area contributed by atoms with Crippen molar-refractivity contribution in [2.45, 2.75) is 0 Å². The molecule has 0 unspecified atom stereocenters. The van der Waals surface area contributed by atoms with Crippen molar-refractivity contribution in [1.29, 1.82) is 0 Å². The number of rotatable bonds is 7. The van der Waals surface area contributed by atoms with Crippen LogP contribution in [0.4, 0.5) is 5.69 Å². The van der Waals surface area contributed by atoms with E-state index in [1.165, 1.54) is 11.1 Å². The van der Waals surface area contributed by atoms with Crippen LogP contribution in [-0.4, -0.2) is 52.6 Å². The van der Waals surface area contributed by atoms with Crippen LogP contribution in [0.2, 0.25) is 0 Å². The van der Waals surface area contributed by atoms with E-state index in [9.17, 15) is 8.42 Å². The first-order chi connectivity index (χ1) is 12.6. The summed E-state index contributed by atoms with van der Waals surface area (Å²) in [6, 6.07) is 19.8. The summed E-state index contributed by atoms with van der Waals surface area (Å²) in [5, 5.41) is 1.23. The Morgan fingerprint density at radius 1 is 0.885 bits per heavy atom. The molecule has 1 saturated heterocycles. The van der Waals surface area contributed by atoms with E-state index in [4.69, 9.17) is 0 Å². The monoisotopic (exact) mass is 371 g/mol. The second kappa shape index (κ2) is 8.98. The molecule has 1 fully saturated rings. The van der Waals surface area contributed by atoms with Crippen molar-refractivity contribution in [3.05, 3.63) is 71.6 Å². The third-order valence-electron chi connectivity index (χ3n) is 4.46. The number of hydrogen-bond donors (Lipinski definition) is 1. The van der Waals surface area contributed by atoms with Gasteiger partial charge in [-0.3, -0.25) is 4.90 Å². The number of nitrogens with zero attached hydrogens (tertiary/aromatic N) is 2. The van der Waals surface area contributed by atoms with Crippen LogP contribution in [0.3, 0.4) is 0 Å². The molecule has 6 heteroatoms. The molecule has 1 heterocycles. The highest BCUT2D eigenvalue weighted by atomic mass is 32.2. The molecule has 0 aromatic heterocycles. The van der Waals surface area contributed by atoms with Crippen LogP contribution < -0.4 is 9.62 Å². The molecule has 0 aliphatic carbocycles.